The van der Waals surface area contributed by atoms with E-state index in [1.54, 1.807) is 17.8 Å². The fraction of sp³-hybridized carbons (Fsp3) is 0.200. The molecule has 2 aromatic carbocycles. The zero-order valence-electron chi connectivity index (χ0n) is 10.8. The monoisotopic (exact) mass is 310 g/mol. The highest BCUT2D eigenvalue weighted by atomic mass is 35.5. The third-order valence-electron chi connectivity index (χ3n) is 3.18. The molecule has 19 heavy (non-hydrogen) atoms. The van der Waals surface area contributed by atoms with Gasteiger partial charge in [-0.1, -0.05) is 41.0 Å². The second-order valence-electron chi connectivity index (χ2n) is 4.74. The molecule has 3 rings (SSSR count). The third kappa shape index (κ3) is 2.12. The zero-order valence-corrected chi connectivity index (χ0v) is 13.1. The van der Waals surface area contributed by atoms with Crippen LogP contribution in [0.25, 0.3) is 0 Å². The van der Waals surface area contributed by atoms with E-state index in [2.05, 4.69) is 19.9 Å². The predicted octanol–water partition coefficient (Wildman–Crippen LogP) is 6.18. The van der Waals surface area contributed by atoms with Gasteiger partial charge in [0.15, 0.2) is 5.75 Å². The molecule has 0 atom stereocenters. The predicted molar refractivity (Wildman–Crippen MR) is 81.3 cm³/mol. The molecule has 0 aromatic heterocycles. The number of hydrogen-bond donors (Lipinski definition) is 0. The van der Waals surface area contributed by atoms with Crippen molar-refractivity contribution in [3.8, 4) is 11.5 Å². The summed E-state index contributed by atoms with van der Waals surface area (Å²) in [5.74, 6) is 1.59. The molecule has 0 aliphatic carbocycles. The quantitative estimate of drug-likeness (QED) is 0.490. The van der Waals surface area contributed by atoms with Crippen LogP contribution in [0.15, 0.2) is 28.0 Å². The molecule has 4 heteroatoms. The van der Waals surface area contributed by atoms with E-state index in [-0.39, 0.29) is 0 Å². The van der Waals surface area contributed by atoms with Gasteiger partial charge in [0.1, 0.15) is 5.75 Å². The molecule has 0 saturated heterocycles. The second-order valence-corrected chi connectivity index (χ2v) is 6.57. The lowest BCUT2D eigenvalue weighted by Gasteiger charge is -2.24. The van der Waals surface area contributed by atoms with Gasteiger partial charge in [-0.25, -0.2) is 0 Å². The summed E-state index contributed by atoms with van der Waals surface area (Å²) in [6.07, 6.45) is 0. The van der Waals surface area contributed by atoms with Crippen molar-refractivity contribution in [2.24, 2.45) is 0 Å². The minimum absolute atomic E-state index is 0.558. The molecule has 0 radical (unpaired) electrons. The Bertz CT molecular complexity index is 695. The van der Waals surface area contributed by atoms with Crippen molar-refractivity contribution in [1.29, 1.82) is 0 Å². The number of halogens is 2. The second kappa shape index (κ2) is 4.62. The van der Waals surface area contributed by atoms with Crippen LogP contribution in [0.5, 0.6) is 11.5 Å². The maximum Gasteiger partial charge on any atom is 0.160 e. The Morgan fingerprint density at radius 2 is 1.68 bits per heavy atom. The fourth-order valence-corrected chi connectivity index (χ4v) is 3.97. The summed E-state index contributed by atoms with van der Waals surface area (Å²) in [6.45, 7) is 6.14. The van der Waals surface area contributed by atoms with Gasteiger partial charge in [-0.2, -0.15) is 0 Å². The van der Waals surface area contributed by atoms with Crippen LogP contribution < -0.4 is 4.74 Å². The van der Waals surface area contributed by atoms with Gasteiger partial charge in [-0.15, -0.1) is 0 Å². The maximum atomic E-state index is 6.24. The first kappa shape index (κ1) is 13.2. The van der Waals surface area contributed by atoms with Crippen molar-refractivity contribution < 1.29 is 4.74 Å². The number of fused-ring (bicyclic) bond motifs is 2. The Hall–Kier alpha value is -0.830. The first-order valence-corrected chi connectivity index (χ1v) is 7.50. The van der Waals surface area contributed by atoms with Crippen LogP contribution in [0.1, 0.15) is 16.7 Å². The van der Waals surface area contributed by atoms with Crippen LogP contribution in [-0.4, -0.2) is 0 Å². The average Bonchev–Trinajstić information content (AvgIpc) is 2.34. The van der Waals surface area contributed by atoms with E-state index < -0.39 is 0 Å². The van der Waals surface area contributed by atoms with Crippen LogP contribution in [0, 0.1) is 20.8 Å². The maximum absolute atomic E-state index is 6.24. The Morgan fingerprint density at radius 3 is 2.42 bits per heavy atom. The highest BCUT2D eigenvalue weighted by Crippen LogP contribution is 2.53. The molecule has 2 aromatic rings. The van der Waals surface area contributed by atoms with Crippen LogP contribution in [0.2, 0.25) is 10.0 Å². The Morgan fingerprint density at radius 1 is 0.947 bits per heavy atom. The van der Waals surface area contributed by atoms with Crippen LogP contribution in [0.3, 0.4) is 0 Å². The van der Waals surface area contributed by atoms with Gasteiger partial charge in [-0.05, 0) is 49.6 Å². The van der Waals surface area contributed by atoms with Crippen molar-refractivity contribution in [3.05, 3.63) is 44.9 Å². The summed E-state index contributed by atoms with van der Waals surface area (Å²) in [4.78, 5) is 2.15. The lowest BCUT2D eigenvalue weighted by atomic mass is 10.1. The zero-order chi connectivity index (χ0) is 13.7. The van der Waals surface area contributed by atoms with E-state index in [0.29, 0.717) is 15.8 Å². The summed E-state index contributed by atoms with van der Waals surface area (Å²) in [5, 5.41) is 1.23. The summed E-state index contributed by atoms with van der Waals surface area (Å²) in [7, 11) is 0. The highest BCUT2D eigenvalue weighted by molar-refractivity contribution is 7.99. The normalized spacial score (nSPS) is 12.7. The van der Waals surface area contributed by atoms with E-state index in [1.165, 1.54) is 11.1 Å². The molecular formula is C15H12Cl2OS. The minimum atomic E-state index is 0.558. The van der Waals surface area contributed by atoms with E-state index in [9.17, 15) is 0 Å². The van der Waals surface area contributed by atoms with Gasteiger partial charge in [0.2, 0.25) is 0 Å². The van der Waals surface area contributed by atoms with Crippen LogP contribution in [0.4, 0.5) is 0 Å². The molecule has 1 aliphatic heterocycles. The summed E-state index contributed by atoms with van der Waals surface area (Å²) in [5.41, 5.74) is 3.40. The number of aryl methyl sites for hydroxylation is 2. The molecule has 0 amide bonds. The average molecular weight is 311 g/mol. The van der Waals surface area contributed by atoms with Crippen LogP contribution >= 0.6 is 35.0 Å². The fourth-order valence-electron chi connectivity index (χ4n) is 2.22. The molecule has 0 saturated carbocycles. The van der Waals surface area contributed by atoms with Crippen molar-refractivity contribution >= 4 is 35.0 Å². The number of benzene rings is 2. The van der Waals surface area contributed by atoms with E-state index in [4.69, 9.17) is 27.9 Å². The number of rotatable bonds is 0. The summed E-state index contributed by atoms with van der Waals surface area (Å²) < 4.78 is 5.99. The van der Waals surface area contributed by atoms with Gasteiger partial charge in [0.25, 0.3) is 0 Å². The SMILES string of the molecule is Cc1cc(C)c2c(c1)Oc1c(Cl)cc(Cl)c(C)c1S2. The third-order valence-corrected chi connectivity index (χ3v) is 5.27. The number of hydrogen-bond acceptors (Lipinski definition) is 2. The summed E-state index contributed by atoms with van der Waals surface area (Å²) >= 11 is 14.1. The Kier molecular flexibility index (Phi) is 3.20. The van der Waals surface area contributed by atoms with Crippen molar-refractivity contribution in [3.63, 3.8) is 0 Å². The first-order valence-electron chi connectivity index (χ1n) is 5.93. The van der Waals surface area contributed by atoms with Crippen molar-refractivity contribution in [1.82, 2.24) is 0 Å². The summed E-state index contributed by atoms with van der Waals surface area (Å²) in [6, 6.07) is 5.94. The molecule has 0 N–H and O–H groups in total. The molecular weight excluding hydrogens is 299 g/mol. The number of ether oxygens (including phenoxy) is 1. The molecule has 1 aliphatic rings. The van der Waals surface area contributed by atoms with E-state index in [0.717, 1.165) is 21.1 Å². The topological polar surface area (TPSA) is 9.23 Å². The largest absolute Gasteiger partial charge is 0.453 e. The molecule has 1 heterocycles. The molecule has 0 unspecified atom stereocenters. The van der Waals surface area contributed by atoms with Gasteiger partial charge in [0.05, 0.1) is 14.8 Å². The van der Waals surface area contributed by atoms with E-state index >= 15 is 0 Å². The Balaban J connectivity index is 2.22. The molecule has 0 spiro atoms. The molecule has 98 valence electrons. The van der Waals surface area contributed by atoms with Gasteiger partial charge in [-0.3, -0.25) is 0 Å². The Labute approximate surface area is 126 Å². The van der Waals surface area contributed by atoms with Crippen molar-refractivity contribution in [2.45, 2.75) is 30.6 Å². The van der Waals surface area contributed by atoms with Crippen molar-refractivity contribution in [2.75, 3.05) is 0 Å². The lowest BCUT2D eigenvalue weighted by molar-refractivity contribution is 0.452. The molecule has 0 fully saturated rings. The van der Waals surface area contributed by atoms with E-state index in [1.807, 2.05) is 13.0 Å². The van der Waals surface area contributed by atoms with Crippen LogP contribution in [-0.2, 0) is 0 Å². The standard InChI is InChI=1S/C15H12Cl2OS/c1-7-4-8(2)14-12(5-7)18-13-11(17)6-10(16)9(3)15(13)19-14/h4-6H,1-3H3. The molecule has 0 bridgehead atoms. The minimum Gasteiger partial charge on any atom is -0.453 e. The first-order chi connectivity index (χ1) is 8.97. The van der Waals surface area contributed by atoms with Gasteiger partial charge < -0.3 is 4.74 Å². The highest BCUT2D eigenvalue weighted by Gasteiger charge is 2.25. The van der Waals surface area contributed by atoms with Gasteiger partial charge in [0, 0.05) is 5.02 Å². The molecule has 1 nitrogen and oxygen atoms in total. The smallest absolute Gasteiger partial charge is 0.160 e. The van der Waals surface area contributed by atoms with Gasteiger partial charge >= 0.3 is 0 Å². The lowest BCUT2D eigenvalue weighted by Crippen LogP contribution is -2.00.